The van der Waals surface area contributed by atoms with Crippen LogP contribution in [0.25, 0.3) is 0 Å². The number of imide groups is 1. The van der Waals surface area contributed by atoms with Gasteiger partial charge >= 0.3 is 6.16 Å². The zero-order valence-electron chi connectivity index (χ0n) is 8.52. The second-order valence-corrected chi connectivity index (χ2v) is 4.27. The van der Waals surface area contributed by atoms with Crippen LogP contribution < -0.4 is 0 Å². The SMILES string of the molecule is CS(=O)(=O)OOC(=O)O.O=C1CCC(=O)N1O. The molecule has 0 unspecified atom stereocenters. The van der Waals surface area contributed by atoms with E-state index in [1.807, 2.05) is 0 Å². The van der Waals surface area contributed by atoms with E-state index in [4.69, 9.17) is 10.3 Å². The highest BCUT2D eigenvalue weighted by Gasteiger charge is 2.26. The van der Waals surface area contributed by atoms with Crippen LogP contribution in [0.2, 0.25) is 0 Å². The van der Waals surface area contributed by atoms with E-state index in [1.54, 1.807) is 0 Å². The lowest BCUT2D eigenvalue weighted by Crippen LogP contribution is -2.24. The van der Waals surface area contributed by atoms with Crippen molar-refractivity contribution in [1.29, 1.82) is 0 Å². The summed E-state index contributed by atoms with van der Waals surface area (Å²) in [5, 5.41) is 16.2. The van der Waals surface area contributed by atoms with Crippen LogP contribution in [0.15, 0.2) is 0 Å². The van der Waals surface area contributed by atoms with Crippen LogP contribution in [0, 0.1) is 0 Å². The zero-order valence-corrected chi connectivity index (χ0v) is 9.34. The molecule has 2 N–H and O–H groups in total. The fourth-order valence-corrected chi connectivity index (χ4v) is 0.837. The van der Waals surface area contributed by atoms with Crippen LogP contribution in [0.1, 0.15) is 12.8 Å². The average molecular weight is 271 g/mol. The van der Waals surface area contributed by atoms with Gasteiger partial charge in [-0.2, -0.15) is 13.5 Å². The van der Waals surface area contributed by atoms with Crippen molar-refractivity contribution in [3.8, 4) is 0 Å². The Balaban J connectivity index is 0.000000302. The number of nitrogens with zero attached hydrogens (tertiary/aromatic N) is 1. The molecule has 1 saturated heterocycles. The van der Waals surface area contributed by atoms with Crippen LogP contribution >= 0.6 is 0 Å². The molecule has 1 heterocycles. The Kier molecular flexibility index (Phi) is 5.50. The molecule has 1 fully saturated rings. The van der Waals surface area contributed by atoms with Gasteiger partial charge in [-0.1, -0.05) is 0 Å². The smallest absolute Gasteiger partial charge is 0.448 e. The van der Waals surface area contributed by atoms with Gasteiger partial charge in [0.25, 0.3) is 21.9 Å². The fourth-order valence-electron chi connectivity index (χ4n) is 0.656. The summed E-state index contributed by atoms with van der Waals surface area (Å²) in [5.74, 6) is -1.01. The Bertz CT molecular complexity index is 397. The van der Waals surface area contributed by atoms with Crippen LogP contribution in [0.5, 0.6) is 0 Å². The van der Waals surface area contributed by atoms with Crippen LogP contribution in [0.4, 0.5) is 4.79 Å². The van der Waals surface area contributed by atoms with Gasteiger partial charge in [0.05, 0.1) is 6.26 Å². The quantitative estimate of drug-likeness (QED) is 0.282. The molecule has 1 rings (SSSR count). The molecule has 0 aromatic rings. The summed E-state index contributed by atoms with van der Waals surface area (Å²) < 4.78 is 23.2. The van der Waals surface area contributed by atoms with Crippen molar-refractivity contribution in [2.45, 2.75) is 12.8 Å². The van der Waals surface area contributed by atoms with E-state index in [1.165, 1.54) is 0 Å². The molecule has 0 spiro atoms. The van der Waals surface area contributed by atoms with Crippen molar-refractivity contribution in [3.05, 3.63) is 0 Å². The molecule has 0 aromatic heterocycles. The maximum Gasteiger partial charge on any atom is 0.538 e. The zero-order chi connectivity index (χ0) is 13.6. The highest BCUT2D eigenvalue weighted by atomic mass is 32.2. The topological polar surface area (TPSA) is 148 Å². The molecule has 0 bridgehead atoms. The summed E-state index contributed by atoms with van der Waals surface area (Å²) in [7, 11) is -3.82. The Morgan fingerprint density at radius 1 is 1.29 bits per heavy atom. The van der Waals surface area contributed by atoms with Gasteiger partial charge < -0.3 is 5.11 Å². The molecule has 98 valence electrons. The van der Waals surface area contributed by atoms with E-state index < -0.39 is 28.1 Å². The Morgan fingerprint density at radius 2 is 1.71 bits per heavy atom. The Morgan fingerprint density at radius 3 is 1.82 bits per heavy atom. The number of amides is 2. The Hall–Kier alpha value is -1.72. The second kappa shape index (κ2) is 6.12. The van der Waals surface area contributed by atoms with Crippen LogP contribution in [-0.4, -0.2) is 48.0 Å². The number of rotatable bonds is 2. The highest BCUT2D eigenvalue weighted by molar-refractivity contribution is 7.85. The van der Waals surface area contributed by atoms with E-state index in [9.17, 15) is 22.8 Å². The van der Waals surface area contributed by atoms with Crippen molar-refractivity contribution >= 4 is 28.1 Å². The van der Waals surface area contributed by atoms with E-state index in [0.29, 0.717) is 6.26 Å². The predicted molar refractivity (Wildman–Crippen MR) is 47.9 cm³/mol. The second-order valence-electron chi connectivity index (χ2n) is 2.72. The van der Waals surface area contributed by atoms with Gasteiger partial charge in [0.1, 0.15) is 0 Å². The molecule has 17 heavy (non-hydrogen) atoms. The van der Waals surface area contributed by atoms with Crippen LogP contribution in [-0.2, 0) is 28.9 Å². The molecule has 0 saturated carbocycles. The molecule has 1 aliphatic heterocycles. The van der Waals surface area contributed by atoms with Crippen molar-refractivity contribution < 1.29 is 42.3 Å². The molecular weight excluding hydrogens is 262 g/mol. The molecule has 0 aromatic carbocycles. The molecular formula is C6H9NO9S. The third kappa shape index (κ3) is 7.21. The molecule has 0 atom stereocenters. The van der Waals surface area contributed by atoms with Gasteiger partial charge in [0.15, 0.2) is 0 Å². The molecule has 1 aliphatic rings. The first-order valence-electron chi connectivity index (χ1n) is 3.97. The summed E-state index contributed by atoms with van der Waals surface area (Å²) in [6, 6.07) is 0. The van der Waals surface area contributed by atoms with Gasteiger partial charge in [0.2, 0.25) is 0 Å². The number of carbonyl (C=O) groups excluding carboxylic acids is 2. The number of hydroxylamine groups is 2. The van der Waals surface area contributed by atoms with Crippen molar-refractivity contribution in [2.75, 3.05) is 6.26 Å². The maximum atomic E-state index is 10.2. The minimum absolute atomic E-state index is 0.148. The lowest BCUT2D eigenvalue weighted by molar-refractivity contribution is -0.171. The van der Waals surface area contributed by atoms with Gasteiger partial charge in [-0.15, -0.1) is 0 Å². The van der Waals surface area contributed by atoms with Gasteiger partial charge in [0, 0.05) is 12.8 Å². The van der Waals surface area contributed by atoms with E-state index in [0.717, 1.165) is 0 Å². The number of carboxylic acid groups (broad SMARTS) is 1. The first-order chi connectivity index (χ1) is 7.63. The lowest BCUT2D eigenvalue weighted by atomic mass is 10.4. The van der Waals surface area contributed by atoms with Gasteiger partial charge in [-0.25, -0.2) is 9.68 Å². The fraction of sp³-hybridized carbons (Fsp3) is 0.500. The summed E-state index contributed by atoms with van der Waals surface area (Å²) in [4.78, 5) is 33.1. The number of hydrogen-bond acceptors (Lipinski definition) is 8. The van der Waals surface area contributed by atoms with Gasteiger partial charge in [-0.05, 0) is 4.33 Å². The minimum Gasteiger partial charge on any atom is -0.448 e. The monoisotopic (exact) mass is 271 g/mol. The van der Waals surface area contributed by atoms with Gasteiger partial charge in [-0.3, -0.25) is 14.8 Å². The molecule has 0 aliphatic carbocycles. The largest absolute Gasteiger partial charge is 0.538 e. The van der Waals surface area contributed by atoms with E-state index in [-0.39, 0.29) is 17.9 Å². The van der Waals surface area contributed by atoms with E-state index in [2.05, 4.69) is 9.22 Å². The summed E-state index contributed by atoms with van der Waals surface area (Å²) in [5.41, 5.74) is 0. The number of carbonyl (C=O) groups is 3. The molecule has 2 amide bonds. The average Bonchev–Trinajstić information content (AvgIpc) is 2.47. The van der Waals surface area contributed by atoms with Crippen molar-refractivity contribution in [1.82, 2.24) is 5.06 Å². The summed E-state index contributed by atoms with van der Waals surface area (Å²) >= 11 is 0. The molecule has 0 radical (unpaired) electrons. The van der Waals surface area contributed by atoms with E-state index >= 15 is 0 Å². The third-order valence-electron chi connectivity index (χ3n) is 1.25. The van der Waals surface area contributed by atoms with Crippen LogP contribution in [0.3, 0.4) is 0 Å². The number of hydrogen-bond donors (Lipinski definition) is 2. The molecule has 10 nitrogen and oxygen atoms in total. The maximum absolute atomic E-state index is 10.2. The minimum atomic E-state index is -3.82. The third-order valence-corrected chi connectivity index (χ3v) is 1.57. The molecule has 11 heteroatoms. The van der Waals surface area contributed by atoms with Crippen molar-refractivity contribution in [3.63, 3.8) is 0 Å². The Labute approximate surface area is 95.3 Å². The van der Waals surface area contributed by atoms with Crippen molar-refractivity contribution in [2.24, 2.45) is 0 Å². The normalized spacial score (nSPS) is 15.3. The lowest BCUT2D eigenvalue weighted by Gasteiger charge is -1.98. The highest BCUT2D eigenvalue weighted by Crippen LogP contribution is 2.07. The first-order valence-corrected chi connectivity index (χ1v) is 5.79. The predicted octanol–water partition coefficient (Wildman–Crippen LogP) is -0.903. The first kappa shape index (κ1) is 15.3. The summed E-state index contributed by atoms with van der Waals surface area (Å²) in [6.45, 7) is 0. The summed E-state index contributed by atoms with van der Waals surface area (Å²) in [6.07, 6.45) is -0.846. The standard InChI is InChI=1S/C4H5NO3.C2H4O6S/c6-3-1-2-4(7)5(3)8;1-9(5,6)8-7-2(3)4/h8H,1-2H2;1H3,(H,3,4).